The minimum Gasteiger partial charge on any atom is -0.497 e. The molecule has 2 rings (SSSR count). The molecule has 0 spiro atoms. The van der Waals surface area contributed by atoms with Crippen molar-refractivity contribution in [3.05, 3.63) is 48.0 Å². The molecule has 228 valence electrons. The molecule has 0 aliphatic carbocycles. The minimum atomic E-state index is -5.08. The summed E-state index contributed by atoms with van der Waals surface area (Å²) in [6, 6.07) is 9.43. The third-order valence-electron chi connectivity index (χ3n) is 4.68. The van der Waals surface area contributed by atoms with Crippen LogP contribution in [0, 0.1) is 0 Å². The number of carboxylic acids is 2. The number of methoxy groups -OCH3 is 2. The Labute approximate surface area is 232 Å². The predicted molar refractivity (Wildman–Crippen MR) is 137 cm³/mol. The summed E-state index contributed by atoms with van der Waals surface area (Å²) < 4.78 is 75.5. The quantitative estimate of drug-likeness (QED) is 0.0883. The van der Waals surface area contributed by atoms with Gasteiger partial charge in [-0.25, -0.2) is 13.2 Å². The first-order valence-corrected chi connectivity index (χ1v) is 12.8. The van der Waals surface area contributed by atoms with E-state index in [0.717, 1.165) is 0 Å². The Morgan fingerprint density at radius 3 is 2.07 bits per heavy atom. The van der Waals surface area contributed by atoms with Gasteiger partial charge in [0.1, 0.15) is 34.8 Å². The number of aliphatic carboxylic acids is 2. The first-order chi connectivity index (χ1) is 19.1. The van der Waals surface area contributed by atoms with Gasteiger partial charge in [-0.1, -0.05) is 12.1 Å². The smallest absolute Gasteiger partial charge is 0.490 e. The van der Waals surface area contributed by atoms with Crippen molar-refractivity contribution in [3.8, 4) is 17.2 Å². The third-order valence-corrected chi connectivity index (χ3v) is 6.17. The topological polar surface area (TPSA) is 222 Å². The maximum Gasteiger partial charge on any atom is 0.490 e. The SMILES string of the molecule is COc1ccc(OC)c(S(=O)(=O)N[C@@H](Cc2ccc(OCCCON=C(N)N)cc2)C(=O)O)c1.O=C(O)C(F)(F)F. The molecule has 0 saturated carbocycles. The molecule has 0 saturated heterocycles. The zero-order valence-corrected chi connectivity index (χ0v) is 22.6. The van der Waals surface area contributed by atoms with Crippen LogP contribution in [0.3, 0.4) is 0 Å². The van der Waals surface area contributed by atoms with Crippen molar-refractivity contribution in [2.45, 2.75) is 30.0 Å². The fourth-order valence-corrected chi connectivity index (χ4v) is 4.19. The van der Waals surface area contributed by atoms with Gasteiger partial charge in [0.15, 0.2) is 0 Å². The molecule has 18 heteroatoms. The van der Waals surface area contributed by atoms with Crippen molar-refractivity contribution in [2.24, 2.45) is 16.6 Å². The number of hydrogen-bond donors (Lipinski definition) is 5. The molecular weight excluding hydrogens is 581 g/mol. The lowest BCUT2D eigenvalue weighted by atomic mass is 10.1. The number of hydrogen-bond acceptors (Lipinski definition) is 9. The minimum absolute atomic E-state index is 0.0580. The standard InChI is InChI=1S/C21H28N4O8S.C2HF3O2/c1-30-16-8-9-18(31-2)19(13-16)34(28,29)25-17(20(26)27)12-14-4-6-15(7-5-14)32-10-3-11-33-24-21(22)23;3-2(4,5)1(6)7/h4-9,13,17,25H,3,10-12H2,1-2H3,(H,26,27)(H4,22,23,24);(H,6,7)/t17-;/m0./s1. The number of halogens is 3. The van der Waals surface area contributed by atoms with E-state index in [1.165, 1.54) is 32.4 Å². The Kier molecular flexibility index (Phi) is 13.5. The van der Waals surface area contributed by atoms with Crippen molar-refractivity contribution in [1.29, 1.82) is 0 Å². The van der Waals surface area contributed by atoms with Gasteiger partial charge in [0.25, 0.3) is 0 Å². The van der Waals surface area contributed by atoms with Crippen molar-refractivity contribution < 1.29 is 60.4 Å². The van der Waals surface area contributed by atoms with E-state index < -0.39 is 34.2 Å². The summed E-state index contributed by atoms with van der Waals surface area (Å²) in [7, 11) is -1.53. The molecule has 0 radical (unpaired) electrons. The van der Waals surface area contributed by atoms with Gasteiger partial charge in [-0.3, -0.25) is 4.79 Å². The van der Waals surface area contributed by atoms with Crippen LogP contribution in [0.15, 0.2) is 52.5 Å². The van der Waals surface area contributed by atoms with Crippen LogP contribution in [0.2, 0.25) is 0 Å². The Balaban J connectivity index is 0.00000106. The molecule has 2 aromatic rings. The van der Waals surface area contributed by atoms with Crippen molar-refractivity contribution >= 4 is 27.9 Å². The van der Waals surface area contributed by atoms with Gasteiger partial charge in [-0.2, -0.15) is 17.9 Å². The second kappa shape index (κ2) is 16.0. The fraction of sp³-hybridized carbons (Fsp3) is 0.348. The third kappa shape index (κ3) is 12.5. The lowest BCUT2D eigenvalue weighted by Crippen LogP contribution is -2.42. The summed E-state index contributed by atoms with van der Waals surface area (Å²) in [6.07, 6.45) is -4.64. The molecule has 0 aromatic heterocycles. The number of carbonyl (C=O) groups is 2. The van der Waals surface area contributed by atoms with Crippen molar-refractivity contribution in [3.63, 3.8) is 0 Å². The first kappa shape index (κ1) is 34.6. The number of nitrogens with two attached hydrogens (primary N) is 2. The highest BCUT2D eigenvalue weighted by Crippen LogP contribution is 2.28. The molecule has 1 atom stereocenters. The Bertz CT molecular complexity index is 1290. The Morgan fingerprint density at radius 2 is 1.59 bits per heavy atom. The molecule has 14 nitrogen and oxygen atoms in total. The Morgan fingerprint density at radius 1 is 1.00 bits per heavy atom. The molecule has 0 bridgehead atoms. The van der Waals surface area contributed by atoms with E-state index in [0.29, 0.717) is 24.3 Å². The molecule has 0 aliphatic rings. The summed E-state index contributed by atoms with van der Waals surface area (Å²) in [5, 5.41) is 20.1. The number of guanidine groups is 1. The van der Waals surface area contributed by atoms with E-state index in [1.54, 1.807) is 24.3 Å². The lowest BCUT2D eigenvalue weighted by molar-refractivity contribution is -0.192. The van der Waals surface area contributed by atoms with Crippen LogP contribution in [0.25, 0.3) is 0 Å². The molecule has 7 N–H and O–H groups in total. The zero-order chi connectivity index (χ0) is 31.2. The van der Waals surface area contributed by atoms with Gasteiger partial charge < -0.3 is 40.7 Å². The van der Waals surface area contributed by atoms with E-state index in [9.17, 15) is 31.5 Å². The number of sulfonamides is 1. The molecule has 0 fully saturated rings. The number of carboxylic acid groups (broad SMARTS) is 2. The van der Waals surface area contributed by atoms with Crippen molar-refractivity contribution in [1.82, 2.24) is 4.72 Å². The van der Waals surface area contributed by atoms with E-state index >= 15 is 0 Å². The number of oxime groups is 1. The number of nitrogens with one attached hydrogen (secondary N) is 1. The molecule has 0 unspecified atom stereocenters. The van der Waals surface area contributed by atoms with Crippen LogP contribution < -0.4 is 30.4 Å². The normalized spacial score (nSPS) is 11.7. The van der Waals surface area contributed by atoms with Gasteiger partial charge >= 0.3 is 18.1 Å². The maximum atomic E-state index is 12.9. The van der Waals surface area contributed by atoms with Gasteiger partial charge in [-0.15, -0.1) is 0 Å². The predicted octanol–water partition coefficient (Wildman–Crippen LogP) is 1.29. The second-order valence-electron chi connectivity index (χ2n) is 7.73. The van der Waals surface area contributed by atoms with Crippen LogP contribution in [-0.4, -0.2) is 76.2 Å². The molecule has 2 aromatic carbocycles. The number of rotatable bonds is 14. The number of alkyl halides is 3. The largest absolute Gasteiger partial charge is 0.497 e. The molecule has 0 heterocycles. The monoisotopic (exact) mass is 610 g/mol. The number of nitrogens with zero attached hydrogens (tertiary/aromatic N) is 1. The van der Waals surface area contributed by atoms with E-state index in [2.05, 4.69) is 9.88 Å². The number of ether oxygens (including phenoxy) is 3. The van der Waals surface area contributed by atoms with Crippen LogP contribution in [0.4, 0.5) is 13.2 Å². The van der Waals surface area contributed by atoms with Crippen LogP contribution in [-0.2, 0) is 30.9 Å². The van der Waals surface area contributed by atoms with Crippen LogP contribution in [0.1, 0.15) is 12.0 Å². The summed E-state index contributed by atoms with van der Waals surface area (Å²) in [6.45, 7) is 0.619. The average Bonchev–Trinajstić information content (AvgIpc) is 2.90. The van der Waals surface area contributed by atoms with Crippen LogP contribution >= 0.6 is 0 Å². The summed E-state index contributed by atoms with van der Waals surface area (Å²) >= 11 is 0. The van der Waals surface area contributed by atoms with Crippen molar-refractivity contribution in [2.75, 3.05) is 27.4 Å². The highest BCUT2D eigenvalue weighted by Gasteiger charge is 2.38. The molecular formula is C23H29F3N4O10S. The highest BCUT2D eigenvalue weighted by molar-refractivity contribution is 7.89. The van der Waals surface area contributed by atoms with Gasteiger partial charge in [0.05, 0.1) is 20.8 Å². The lowest BCUT2D eigenvalue weighted by Gasteiger charge is -2.17. The number of benzene rings is 2. The molecule has 0 amide bonds. The van der Waals surface area contributed by atoms with Gasteiger partial charge in [0, 0.05) is 12.5 Å². The summed E-state index contributed by atoms with van der Waals surface area (Å²) in [5.41, 5.74) is 10.9. The van der Waals surface area contributed by atoms with E-state index in [4.69, 9.17) is 40.4 Å². The summed E-state index contributed by atoms with van der Waals surface area (Å²) in [4.78, 5) is 25.3. The maximum absolute atomic E-state index is 12.9. The van der Waals surface area contributed by atoms with Gasteiger partial charge in [-0.05, 0) is 41.4 Å². The average molecular weight is 611 g/mol. The van der Waals surface area contributed by atoms with Gasteiger partial charge in [0.2, 0.25) is 16.0 Å². The van der Waals surface area contributed by atoms with E-state index in [1.807, 2.05) is 0 Å². The molecule has 41 heavy (non-hydrogen) atoms. The Hall–Kier alpha value is -4.45. The zero-order valence-electron chi connectivity index (χ0n) is 21.8. The van der Waals surface area contributed by atoms with Crippen LogP contribution in [0.5, 0.6) is 17.2 Å². The summed E-state index contributed by atoms with van der Waals surface area (Å²) in [5.74, 6) is -3.35. The highest BCUT2D eigenvalue weighted by atomic mass is 32.2. The molecule has 0 aliphatic heterocycles. The first-order valence-electron chi connectivity index (χ1n) is 11.3. The fourth-order valence-electron chi connectivity index (χ4n) is 2.82. The van der Waals surface area contributed by atoms with E-state index in [-0.39, 0.29) is 35.4 Å². The second-order valence-corrected chi connectivity index (χ2v) is 9.41.